The molecule has 1 amide bonds. The van der Waals surface area contributed by atoms with Crippen LogP contribution in [0, 0.1) is 25.2 Å². The molecule has 0 saturated heterocycles. The van der Waals surface area contributed by atoms with Gasteiger partial charge < -0.3 is 24.1 Å². The van der Waals surface area contributed by atoms with E-state index < -0.39 is 11.9 Å². The number of amides is 1. The molecule has 1 aromatic heterocycles. The van der Waals surface area contributed by atoms with E-state index in [-0.39, 0.29) is 12.1 Å². The number of ether oxygens (including phenoxy) is 3. The van der Waals surface area contributed by atoms with E-state index in [4.69, 9.17) is 14.2 Å². The lowest BCUT2D eigenvalue weighted by Crippen LogP contribution is -2.24. The SMILES string of the molecule is COC(=O)c1cccc(-n2c(C)cc(/C=C(\C#N)C(=O)NCc3ccc(OC)cc3OC)c2C)c1. The Morgan fingerprint density at radius 1 is 1.06 bits per heavy atom. The van der Waals surface area contributed by atoms with Crippen LogP contribution in [0.4, 0.5) is 0 Å². The van der Waals surface area contributed by atoms with Crippen LogP contribution in [0.5, 0.6) is 11.5 Å². The van der Waals surface area contributed by atoms with E-state index in [1.165, 1.54) is 14.2 Å². The first-order valence-corrected chi connectivity index (χ1v) is 10.8. The number of carbonyl (C=O) groups excluding carboxylic acids is 2. The van der Waals surface area contributed by atoms with Gasteiger partial charge in [0.2, 0.25) is 0 Å². The molecule has 1 heterocycles. The number of benzene rings is 2. The summed E-state index contributed by atoms with van der Waals surface area (Å²) in [6.07, 6.45) is 1.56. The predicted molar refractivity (Wildman–Crippen MR) is 132 cm³/mol. The Morgan fingerprint density at radius 3 is 2.49 bits per heavy atom. The van der Waals surface area contributed by atoms with E-state index in [9.17, 15) is 14.9 Å². The number of esters is 1. The first-order valence-electron chi connectivity index (χ1n) is 10.8. The van der Waals surface area contributed by atoms with Gasteiger partial charge in [0.05, 0.1) is 26.9 Å². The van der Waals surface area contributed by atoms with E-state index >= 15 is 0 Å². The second-order valence-corrected chi connectivity index (χ2v) is 7.73. The minimum atomic E-state index is -0.497. The second kappa shape index (κ2) is 11.1. The summed E-state index contributed by atoms with van der Waals surface area (Å²) < 4.78 is 17.3. The quantitative estimate of drug-likeness (QED) is 0.300. The molecule has 0 spiro atoms. The summed E-state index contributed by atoms with van der Waals surface area (Å²) in [5.74, 6) is 0.293. The van der Waals surface area contributed by atoms with E-state index in [1.807, 2.05) is 36.6 Å². The normalized spacial score (nSPS) is 10.9. The van der Waals surface area contributed by atoms with Gasteiger partial charge >= 0.3 is 5.97 Å². The molecule has 8 nitrogen and oxygen atoms in total. The molecule has 0 aliphatic carbocycles. The van der Waals surface area contributed by atoms with E-state index in [2.05, 4.69) is 5.32 Å². The molecule has 35 heavy (non-hydrogen) atoms. The van der Waals surface area contributed by atoms with Gasteiger partial charge in [-0.15, -0.1) is 0 Å². The van der Waals surface area contributed by atoms with E-state index in [0.29, 0.717) is 17.1 Å². The lowest BCUT2D eigenvalue weighted by molar-refractivity contribution is -0.117. The van der Waals surface area contributed by atoms with Crippen LogP contribution < -0.4 is 14.8 Å². The Bertz CT molecular complexity index is 1330. The Balaban J connectivity index is 1.85. The molecule has 0 unspecified atom stereocenters. The Hall–Kier alpha value is -4.51. The Morgan fingerprint density at radius 2 is 1.83 bits per heavy atom. The number of methoxy groups -OCH3 is 3. The summed E-state index contributed by atoms with van der Waals surface area (Å²) >= 11 is 0. The zero-order valence-electron chi connectivity index (χ0n) is 20.3. The number of carbonyl (C=O) groups is 2. The number of hydrogen-bond donors (Lipinski definition) is 1. The molecule has 0 bridgehead atoms. The Labute approximate surface area is 204 Å². The molecule has 8 heteroatoms. The standard InChI is InChI=1S/C27H27N3O5/c1-17-11-21(18(2)30(17)23-8-6-7-19(13-23)27(32)35-5)12-22(15-28)26(31)29-16-20-9-10-24(33-3)14-25(20)34-4/h6-14H,16H2,1-5H3,(H,29,31)/b22-12+. The minimum absolute atomic E-state index is 0.0268. The number of nitriles is 1. The fraction of sp³-hybridized carbons (Fsp3) is 0.222. The van der Waals surface area contributed by atoms with Gasteiger partial charge in [-0.1, -0.05) is 6.07 Å². The van der Waals surface area contributed by atoms with Gasteiger partial charge in [-0.05, 0) is 61.9 Å². The van der Waals surface area contributed by atoms with Crippen molar-refractivity contribution < 1.29 is 23.8 Å². The molecule has 1 N–H and O–H groups in total. The van der Waals surface area contributed by atoms with Gasteiger partial charge in [0.15, 0.2) is 0 Å². The first kappa shape index (κ1) is 25.1. The highest BCUT2D eigenvalue weighted by atomic mass is 16.5. The van der Waals surface area contributed by atoms with Gasteiger partial charge in [-0.25, -0.2) is 4.79 Å². The molecule has 3 rings (SSSR count). The molecular formula is C27H27N3O5. The fourth-order valence-corrected chi connectivity index (χ4v) is 3.79. The van der Waals surface area contributed by atoms with Crippen LogP contribution in [0.25, 0.3) is 11.8 Å². The molecule has 180 valence electrons. The van der Waals surface area contributed by atoms with Crippen LogP contribution >= 0.6 is 0 Å². The van der Waals surface area contributed by atoms with Gasteiger partial charge in [0.1, 0.15) is 23.1 Å². The fourth-order valence-electron chi connectivity index (χ4n) is 3.79. The minimum Gasteiger partial charge on any atom is -0.497 e. The van der Waals surface area contributed by atoms with E-state index in [1.54, 1.807) is 49.6 Å². The van der Waals surface area contributed by atoms with E-state index in [0.717, 1.165) is 28.2 Å². The zero-order chi connectivity index (χ0) is 25.5. The van der Waals surface area contributed by atoms with Gasteiger partial charge in [0.25, 0.3) is 5.91 Å². The van der Waals surface area contributed by atoms with Crippen LogP contribution in [0.15, 0.2) is 54.1 Å². The number of nitrogens with zero attached hydrogens (tertiary/aromatic N) is 2. The van der Waals surface area contributed by atoms with Gasteiger partial charge in [-0.3, -0.25) is 4.79 Å². The maximum atomic E-state index is 12.8. The highest BCUT2D eigenvalue weighted by Gasteiger charge is 2.16. The highest BCUT2D eigenvalue weighted by molar-refractivity contribution is 6.01. The predicted octanol–water partition coefficient (Wildman–Crippen LogP) is 4.12. The third kappa shape index (κ3) is 5.53. The summed E-state index contributed by atoms with van der Waals surface area (Å²) in [6, 6.07) is 16.2. The molecule has 0 atom stereocenters. The lowest BCUT2D eigenvalue weighted by Gasteiger charge is -2.11. The van der Waals surface area contributed by atoms with Crippen molar-refractivity contribution in [2.45, 2.75) is 20.4 Å². The number of hydrogen-bond acceptors (Lipinski definition) is 6. The molecule has 3 aromatic rings. The average Bonchev–Trinajstić information content (AvgIpc) is 3.17. The number of aromatic nitrogens is 1. The van der Waals surface area contributed by atoms with Crippen molar-refractivity contribution in [2.24, 2.45) is 0 Å². The van der Waals surface area contributed by atoms with Crippen LogP contribution in [-0.4, -0.2) is 37.8 Å². The molecule has 0 aliphatic heterocycles. The smallest absolute Gasteiger partial charge is 0.337 e. The maximum absolute atomic E-state index is 12.8. The van der Waals surface area contributed by atoms with Gasteiger partial charge in [-0.2, -0.15) is 5.26 Å². The average molecular weight is 474 g/mol. The molecular weight excluding hydrogens is 446 g/mol. The van der Waals surface area contributed by atoms with Crippen LogP contribution in [0.1, 0.15) is 32.9 Å². The highest BCUT2D eigenvalue weighted by Crippen LogP contribution is 2.25. The van der Waals surface area contributed by atoms with Crippen molar-refractivity contribution in [1.82, 2.24) is 9.88 Å². The summed E-state index contributed by atoms with van der Waals surface area (Å²) in [4.78, 5) is 24.7. The third-order valence-corrected chi connectivity index (χ3v) is 5.59. The molecule has 0 fully saturated rings. The number of nitrogens with one attached hydrogen (secondary N) is 1. The molecule has 0 radical (unpaired) electrons. The molecule has 2 aromatic carbocycles. The first-order chi connectivity index (χ1) is 16.8. The van der Waals surface area contributed by atoms with Gasteiger partial charge in [0, 0.05) is 35.2 Å². The van der Waals surface area contributed by atoms with Crippen LogP contribution in [0.3, 0.4) is 0 Å². The monoisotopic (exact) mass is 473 g/mol. The third-order valence-electron chi connectivity index (χ3n) is 5.59. The summed E-state index contributed by atoms with van der Waals surface area (Å²) in [5.41, 5.74) is 4.36. The molecule has 0 aliphatic rings. The number of rotatable bonds is 8. The maximum Gasteiger partial charge on any atom is 0.337 e. The summed E-state index contributed by atoms with van der Waals surface area (Å²) in [6.45, 7) is 3.99. The largest absolute Gasteiger partial charge is 0.497 e. The van der Waals surface area contributed by atoms with Crippen molar-refractivity contribution >= 4 is 18.0 Å². The van der Waals surface area contributed by atoms with Crippen LogP contribution in [0.2, 0.25) is 0 Å². The van der Waals surface area contributed by atoms with Crippen molar-refractivity contribution in [3.8, 4) is 23.3 Å². The van der Waals surface area contributed by atoms with Crippen molar-refractivity contribution in [3.63, 3.8) is 0 Å². The Kier molecular flexibility index (Phi) is 7.95. The van der Waals surface area contributed by atoms with Crippen LogP contribution in [-0.2, 0) is 16.1 Å². The summed E-state index contributed by atoms with van der Waals surface area (Å²) in [5, 5.41) is 12.4. The second-order valence-electron chi connectivity index (χ2n) is 7.73. The zero-order valence-corrected chi connectivity index (χ0v) is 20.3. The molecule has 0 saturated carbocycles. The summed E-state index contributed by atoms with van der Waals surface area (Å²) in [7, 11) is 4.44. The van der Waals surface area contributed by atoms with Crippen molar-refractivity contribution in [1.29, 1.82) is 5.26 Å². The van der Waals surface area contributed by atoms with Crippen molar-refractivity contribution in [2.75, 3.05) is 21.3 Å². The lowest BCUT2D eigenvalue weighted by atomic mass is 10.1. The number of aryl methyl sites for hydroxylation is 1. The topological polar surface area (TPSA) is 103 Å². The van der Waals surface area contributed by atoms with Crippen molar-refractivity contribution in [3.05, 3.63) is 82.2 Å².